The number of esters is 2. The maximum atomic E-state index is 11.4. The van der Waals surface area contributed by atoms with Crippen molar-refractivity contribution in [1.82, 2.24) is 0 Å². The van der Waals surface area contributed by atoms with E-state index >= 15 is 0 Å². The van der Waals surface area contributed by atoms with E-state index in [4.69, 9.17) is 0 Å². The normalized spacial score (nSPS) is 11.1. The van der Waals surface area contributed by atoms with Gasteiger partial charge in [0.1, 0.15) is 0 Å². The summed E-state index contributed by atoms with van der Waals surface area (Å²) >= 11 is 0. The Morgan fingerprint density at radius 1 is 1.25 bits per heavy atom. The van der Waals surface area contributed by atoms with Crippen LogP contribution in [0.1, 0.15) is 20.3 Å². The SMILES string of the molecule is C=C(CC(O)(C(=O)OC)C(=O)OC)C(C)C. The molecule has 0 aliphatic rings. The van der Waals surface area contributed by atoms with Gasteiger partial charge in [-0.2, -0.15) is 0 Å². The molecule has 0 heterocycles. The molecule has 0 bridgehead atoms. The molecule has 0 radical (unpaired) electrons. The number of carbonyl (C=O) groups is 2. The molecule has 0 atom stereocenters. The first-order chi connectivity index (χ1) is 7.29. The Kier molecular flexibility index (Phi) is 5.17. The lowest BCUT2D eigenvalue weighted by molar-refractivity contribution is -0.180. The number of ether oxygens (including phenoxy) is 2. The first kappa shape index (κ1) is 14.6. The molecule has 0 aromatic rings. The summed E-state index contributed by atoms with van der Waals surface area (Å²) in [5.74, 6) is -2.04. The highest BCUT2D eigenvalue weighted by Crippen LogP contribution is 2.23. The number of rotatable bonds is 5. The molecule has 5 heteroatoms. The fourth-order valence-corrected chi connectivity index (χ4v) is 1.10. The summed E-state index contributed by atoms with van der Waals surface area (Å²) in [5, 5.41) is 9.96. The van der Waals surface area contributed by atoms with Crippen molar-refractivity contribution >= 4 is 11.9 Å². The molecule has 0 saturated heterocycles. The predicted octanol–water partition coefficient (Wildman–Crippen LogP) is 0.666. The van der Waals surface area contributed by atoms with Gasteiger partial charge >= 0.3 is 11.9 Å². The van der Waals surface area contributed by atoms with Gasteiger partial charge in [-0.15, -0.1) is 0 Å². The lowest BCUT2D eigenvalue weighted by Crippen LogP contribution is -2.48. The van der Waals surface area contributed by atoms with Crippen molar-refractivity contribution in [3.8, 4) is 0 Å². The van der Waals surface area contributed by atoms with Crippen LogP contribution in [0.3, 0.4) is 0 Å². The smallest absolute Gasteiger partial charge is 0.350 e. The van der Waals surface area contributed by atoms with Crippen molar-refractivity contribution in [2.24, 2.45) is 5.92 Å². The molecule has 1 N–H and O–H groups in total. The van der Waals surface area contributed by atoms with Gasteiger partial charge in [-0.3, -0.25) is 0 Å². The lowest BCUT2D eigenvalue weighted by Gasteiger charge is -2.24. The van der Waals surface area contributed by atoms with Gasteiger partial charge in [-0.1, -0.05) is 26.0 Å². The third kappa shape index (κ3) is 3.06. The second-order valence-corrected chi connectivity index (χ2v) is 3.83. The molecule has 92 valence electrons. The quantitative estimate of drug-likeness (QED) is 0.427. The highest BCUT2D eigenvalue weighted by Gasteiger charge is 2.47. The van der Waals surface area contributed by atoms with Crippen LogP contribution >= 0.6 is 0 Å². The molecule has 0 spiro atoms. The van der Waals surface area contributed by atoms with Crippen LogP contribution in [0, 0.1) is 5.92 Å². The third-order valence-corrected chi connectivity index (χ3v) is 2.35. The largest absolute Gasteiger partial charge is 0.466 e. The highest BCUT2D eigenvalue weighted by molar-refractivity contribution is 6.03. The van der Waals surface area contributed by atoms with Crippen LogP contribution in [0.15, 0.2) is 12.2 Å². The van der Waals surface area contributed by atoms with Crippen molar-refractivity contribution in [3.63, 3.8) is 0 Å². The van der Waals surface area contributed by atoms with Crippen LogP contribution in [-0.4, -0.2) is 36.9 Å². The Morgan fingerprint density at radius 2 is 1.62 bits per heavy atom. The summed E-state index contributed by atoms with van der Waals surface area (Å²) in [6, 6.07) is 0. The van der Waals surface area contributed by atoms with Gasteiger partial charge in [-0.05, 0) is 5.92 Å². The fraction of sp³-hybridized carbons (Fsp3) is 0.636. The molecule has 0 aliphatic carbocycles. The molecule has 0 fully saturated rings. The van der Waals surface area contributed by atoms with Crippen molar-refractivity contribution in [2.75, 3.05) is 14.2 Å². The summed E-state index contributed by atoms with van der Waals surface area (Å²) in [5.41, 5.74) is -1.73. The van der Waals surface area contributed by atoms with E-state index < -0.39 is 17.5 Å². The molecule has 0 rings (SSSR count). The zero-order valence-corrected chi connectivity index (χ0v) is 10.1. The molecule has 0 amide bonds. The lowest BCUT2D eigenvalue weighted by atomic mass is 9.90. The minimum Gasteiger partial charge on any atom is -0.466 e. The maximum absolute atomic E-state index is 11.4. The molecule has 0 aromatic heterocycles. The van der Waals surface area contributed by atoms with Gasteiger partial charge in [0, 0.05) is 6.42 Å². The first-order valence-electron chi connectivity index (χ1n) is 4.86. The Bertz CT molecular complexity index is 277. The fourth-order valence-electron chi connectivity index (χ4n) is 1.10. The zero-order valence-electron chi connectivity index (χ0n) is 10.1. The topological polar surface area (TPSA) is 72.8 Å². The second-order valence-electron chi connectivity index (χ2n) is 3.83. The van der Waals surface area contributed by atoms with E-state index in [0.29, 0.717) is 5.57 Å². The van der Waals surface area contributed by atoms with Gasteiger partial charge in [0.15, 0.2) is 0 Å². The minimum atomic E-state index is -2.30. The molecular formula is C11H18O5. The Morgan fingerprint density at radius 3 is 1.88 bits per heavy atom. The van der Waals surface area contributed by atoms with Gasteiger partial charge < -0.3 is 14.6 Å². The average molecular weight is 230 g/mol. The van der Waals surface area contributed by atoms with Crippen LogP contribution in [0.25, 0.3) is 0 Å². The predicted molar refractivity (Wildman–Crippen MR) is 57.6 cm³/mol. The van der Waals surface area contributed by atoms with Crippen LogP contribution in [0.4, 0.5) is 0 Å². The zero-order chi connectivity index (χ0) is 12.9. The maximum Gasteiger partial charge on any atom is 0.350 e. The number of hydrogen-bond donors (Lipinski definition) is 1. The monoisotopic (exact) mass is 230 g/mol. The van der Waals surface area contributed by atoms with E-state index in [-0.39, 0.29) is 12.3 Å². The van der Waals surface area contributed by atoms with Crippen LogP contribution in [0.2, 0.25) is 0 Å². The van der Waals surface area contributed by atoms with E-state index in [0.717, 1.165) is 14.2 Å². The summed E-state index contributed by atoms with van der Waals surface area (Å²) in [7, 11) is 2.18. The highest BCUT2D eigenvalue weighted by atomic mass is 16.6. The van der Waals surface area contributed by atoms with Gasteiger partial charge in [0.2, 0.25) is 0 Å². The third-order valence-electron chi connectivity index (χ3n) is 2.35. The van der Waals surface area contributed by atoms with E-state index in [1.807, 2.05) is 13.8 Å². The average Bonchev–Trinajstić information content (AvgIpc) is 2.25. The van der Waals surface area contributed by atoms with E-state index in [1.54, 1.807) is 0 Å². The van der Waals surface area contributed by atoms with Crippen molar-refractivity contribution < 1.29 is 24.2 Å². The molecule has 0 saturated carbocycles. The standard InChI is InChI=1S/C11H18O5/c1-7(2)8(3)6-11(14,9(12)15-4)10(13)16-5/h7,14H,3,6H2,1-2,4-5H3. The van der Waals surface area contributed by atoms with Crippen LogP contribution in [0.5, 0.6) is 0 Å². The molecule has 0 aliphatic heterocycles. The Balaban J connectivity index is 5.02. The van der Waals surface area contributed by atoms with Crippen LogP contribution in [-0.2, 0) is 19.1 Å². The molecule has 0 unspecified atom stereocenters. The summed E-state index contributed by atoms with van der Waals surface area (Å²) < 4.78 is 8.78. The van der Waals surface area contributed by atoms with Gasteiger partial charge in [0.25, 0.3) is 5.60 Å². The molecule has 5 nitrogen and oxygen atoms in total. The number of carbonyl (C=O) groups excluding carboxylic acids is 2. The molecular weight excluding hydrogens is 212 g/mol. The number of aliphatic hydroxyl groups is 1. The molecule has 16 heavy (non-hydrogen) atoms. The van der Waals surface area contributed by atoms with Crippen molar-refractivity contribution in [3.05, 3.63) is 12.2 Å². The Hall–Kier alpha value is -1.36. The Labute approximate surface area is 95.0 Å². The molecule has 0 aromatic carbocycles. The van der Waals surface area contributed by atoms with Crippen molar-refractivity contribution in [1.29, 1.82) is 0 Å². The number of methoxy groups -OCH3 is 2. The summed E-state index contributed by atoms with van der Waals surface area (Å²) in [4.78, 5) is 22.8. The van der Waals surface area contributed by atoms with E-state index in [2.05, 4.69) is 16.1 Å². The summed E-state index contributed by atoms with van der Waals surface area (Å²) in [6.45, 7) is 7.39. The van der Waals surface area contributed by atoms with Gasteiger partial charge in [0.05, 0.1) is 14.2 Å². The minimum absolute atomic E-state index is 0.0424. The van der Waals surface area contributed by atoms with Crippen molar-refractivity contribution in [2.45, 2.75) is 25.9 Å². The van der Waals surface area contributed by atoms with E-state index in [9.17, 15) is 14.7 Å². The van der Waals surface area contributed by atoms with Crippen LogP contribution < -0.4 is 0 Å². The number of hydrogen-bond acceptors (Lipinski definition) is 5. The van der Waals surface area contributed by atoms with Gasteiger partial charge in [-0.25, -0.2) is 9.59 Å². The van der Waals surface area contributed by atoms with E-state index in [1.165, 1.54) is 0 Å². The summed E-state index contributed by atoms with van der Waals surface area (Å²) in [6.07, 6.45) is -0.204. The second kappa shape index (κ2) is 5.65. The first-order valence-corrected chi connectivity index (χ1v) is 4.86.